The van der Waals surface area contributed by atoms with Gasteiger partial charge in [-0.05, 0) is 58.4 Å². The SMILES string of the molecule is Cc1cccnc1CN(C(=O)c1cccc(-c2ncnn2C(C)C)c1)C(C)C. The summed E-state index contributed by atoms with van der Waals surface area (Å²) >= 11 is 0. The van der Waals surface area contributed by atoms with Crippen molar-refractivity contribution in [1.82, 2.24) is 24.6 Å². The molecule has 6 heteroatoms. The molecule has 0 aliphatic rings. The predicted molar refractivity (Wildman–Crippen MR) is 110 cm³/mol. The van der Waals surface area contributed by atoms with E-state index in [1.807, 2.05) is 66.8 Å². The molecule has 3 rings (SSSR count). The van der Waals surface area contributed by atoms with Gasteiger partial charge in [-0.3, -0.25) is 9.78 Å². The molecule has 2 heterocycles. The third-order valence-corrected chi connectivity index (χ3v) is 4.75. The van der Waals surface area contributed by atoms with E-state index < -0.39 is 0 Å². The van der Waals surface area contributed by atoms with Gasteiger partial charge in [0.25, 0.3) is 5.91 Å². The summed E-state index contributed by atoms with van der Waals surface area (Å²) in [6, 6.07) is 11.8. The highest BCUT2D eigenvalue weighted by Gasteiger charge is 2.21. The van der Waals surface area contributed by atoms with Crippen molar-refractivity contribution in [2.75, 3.05) is 0 Å². The van der Waals surface area contributed by atoms with E-state index in [2.05, 4.69) is 28.9 Å². The third-order valence-electron chi connectivity index (χ3n) is 4.75. The number of nitrogens with zero attached hydrogens (tertiary/aromatic N) is 5. The Kier molecular flexibility index (Phi) is 5.87. The quantitative estimate of drug-likeness (QED) is 0.643. The maximum absolute atomic E-state index is 13.3. The Morgan fingerprint density at radius 2 is 1.89 bits per heavy atom. The molecule has 28 heavy (non-hydrogen) atoms. The fourth-order valence-corrected chi connectivity index (χ4v) is 3.13. The van der Waals surface area contributed by atoms with E-state index in [9.17, 15) is 4.79 Å². The van der Waals surface area contributed by atoms with E-state index in [1.165, 1.54) is 0 Å². The van der Waals surface area contributed by atoms with Crippen molar-refractivity contribution >= 4 is 5.91 Å². The first-order chi connectivity index (χ1) is 13.4. The lowest BCUT2D eigenvalue weighted by Gasteiger charge is -2.27. The van der Waals surface area contributed by atoms with Crippen LogP contribution in [0, 0.1) is 6.92 Å². The van der Waals surface area contributed by atoms with Gasteiger partial charge in [-0.15, -0.1) is 0 Å². The zero-order valence-corrected chi connectivity index (χ0v) is 17.1. The molecule has 0 aliphatic heterocycles. The molecular weight excluding hydrogens is 350 g/mol. The van der Waals surface area contributed by atoms with Gasteiger partial charge in [0.15, 0.2) is 5.82 Å². The van der Waals surface area contributed by atoms with Crippen LogP contribution in [-0.2, 0) is 6.54 Å². The summed E-state index contributed by atoms with van der Waals surface area (Å²) in [6.07, 6.45) is 3.32. The topological polar surface area (TPSA) is 63.9 Å². The van der Waals surface area contributed by atoms with Gasteiger partial charge in [0.2, 0.25) is 0 Å². The second-order valence-corrected chi connectivity index (χ2v) is 7.50. The van der Waals surface area contributed by atoms with Crippen LogP contribution in [0.2, 0.25) is 0 Å². The Morgan fingerprint density at radius 3 is 2.57 bits per heavy atom. The summed E-state index contributed by atoms with van der Waals surface area (Å²) in [5.74, 6) is 0.749. The summed E-state index contributed by atoms with van der Waals surface area (Å²) in [6.45, 7) is 10.7. The Morgan fingerprint density at radius 1 is 1.11 bits per heavy atom. The monoisotopic (exact) mass is 377 g/mol. The highest BCUT2D eigenvalue weighted by molar-refractivity contribution is 5.95. The van der Waals surface area contributed by atoms with Crippen molar-refractivity contribution in [3.63, 3.8) is 0 Å². The average molecular weight is 377 g/mol. The maximum atomic E-state index is 13.3. The normalized spacial score (nSPS) is 11.2. The predicted octanol–water partition coefficient (Wildman–Crippen LogP) is 4.28. The molecule has 0 unspecified atom stereocenters. The van der Waals surface area contributed by atoms with E-state index >= 15 is 0 Å². The number of amides is 1. The van der Waals surface area contributed by atoms with Crippen LogP contribution < -0.4 is 0 Å². The molecule has 6 nitrogen and oxygen atoms in total. The minimum atomic E-state index is -0.0162. The molecule has 0 atom stereocenters. The Bertz CT molecular complexity index is 961. The molecule has 2 aromatic heterocycles. The van der Waals surface area contributed by atoms with E-state index in [-0.39, 0.29) is 18.0 Å². The van der Waals surface area contributed by atoms with Crippen LogP contribution in [0.15, 0.2) is 48.9 Å². The van der Waals surface area contributed by atoms with Crippen LogP contribution in [0.1, 0.15) is 55.4 Å². The van der Waals surface area contributed by atoms with Crippen molar-refractivity contribution in [1.29, 1.82) is 0 Å². The Balaban J connectivity index is 1.92. The summed E-state index contributed by atoms with van der Waals surface area (Å²) < 4.78 is 1.86. The molecule has 0 N–H and O–H groups in total. The molecule has 0 radical (unpaired) electrons. The summed E-state index contributed by atoms with van der Waals surface area (Å²) in [4.78, 5) is 24.0. The first-order valence-electron chi connectivity index (χ1n) is 9.60. The zero-order valence-electron chi connectivity index (χ0n) is 17.1. The lowest BCUT2D eigenvalue weighted by atomic mass is 10.1. The van der Waals surface area contributed by atoms with Gasteiger partial charge in [-0.1, -0.05) is 18.2 Å². The van der Waals surface area contributed by atoms with Gasteiger partial charge in [0.1, 0.15) is 6.33 Å². The summed E-state index contributed by atoms with van der Waals surface area (Å²) in [5.41, 5.74) is 3.52. The molecule has 0 fully saturated rings. The van der Waals surface area contributed by atoms with Crippen molar-refractivity contribution in [3.05, 3.63) is 65.7 Å². The van der Waals surface area contributed by atoms with Crippen molar-refractivity contribution in [2.24, 2.45) is 0 Å². The molecule has 3 aromatic rings. The lowest BCUT2D eigenvalue weighted by molar-refractivity contribution is 0.0687. The average Bonchev–Trinajstić information content (AvgIpc) is 3.17. The number of rotatable bonds is 6. The van der Waals surface area contributed by atoms with Crippen LogP contribution >= 0.6 is 0 Å². The number of aryl methyl sites for hydroxylation is 1. The summed E-state index contributed by atoms with van der Waals surface area (Å²) in [5, 5.41) is 4.30. The molecule has 0 saturated carbocycles. The number of benzene rings is 1. The smallest absolute Gasteiger partial charge is 0.254 e. The van der Waals surface area contributed by atoms with Crippen LogP contribution in [0.25, 0.3) is 11.4 Å². The van der Waals surface area contributed by atoms with Crippen LogP contribution in [-0.4, -0.2) is 36.6 Å². The van der Waals surface area contributed by atoms with Gasteiger partial charge in [-0.2, -0.15) is 5.10 Å². The minimum absolute atomic E-state index is 0.0162. The standard InChI is InChI=1S/C22H27N5O/c1-15(2)26(13-20-17(5)8-7-11-23-20)22(28)19-10-6-9-18(12-19)21-24-14-25-27(21)16(3)4/h6-12,14-16H,13H2,1-5H3. The Hall–Kier alpha value is -3.02. The van der Waals surface area contributed by atoms with Gasteiger partial charge < -0.3 is 4.90 Å². The number of carbonyl (C=O) groups is 1. The molecule has 0 aliphatic carbocycles. The van der Waals surface area contributed by atoms with E-state index in [1.54, 1.807) is 12.5 Å². The third kappa shape index (κ3) is 4.11. The number of hydrogen-bond donors (Lipinski definition) is 0. The second-order valence-electron chi connectivity index (χ2n) is 7.50. The maximum Gasteiger partial charge on any atom is 0.254 e. The van der Waals surface area contributed by atoms with Gasteiger partial charge in [0, 0.05) is 29.4 Å². The molecule has 146 valence electrons. The minimum Gasteiger partial charge on any atom is -0.330 e. The molecule has 0 bridgehead atoms. The van der Waals surface area contributed by atoms with Gasteiger partial charge >= 0.3 is 0 Å². The first kappa shape index (κ1) is 19.7. The van der Waals surface area contributed by atoms with Crippen molar-refractivity contribution < 1.29 is 4.79 Å². The fourth-order valence-electron chi connectivity index (χ4n) is 3.13. The van der Waals surface area contributed by atoms with E-state index in [0.29, 0.717) is 12.1 Å². The van der Waals surface area contributed by atoms with Crippen LogP contribution in [0.5, 0.6) is 0 Å². The Labute approximate surface area is 166 Å². The number of hydrogen-bond acceptors (Lipinski definition) is 4. The van der Waals surface area contributed by atoms with Crippen LogP contribution in [0.4, 0.5) is 0 Å². The number of carbonyl (C=O) groups excluding carboxylic acids is 1. The van der Waals surface area contributed by atoms with Crippen molar-refractivity contribution in [2.45, 2.75) is 53.2 Å². The zero-order chi connectivity index (χ0) is 20.3. The van der Waals surface area contributed by atoms with E-state index in [0.717, 1.165) is 22.6 Å². The molecule has 0 saturated heterocycles. The highest BCUT2D eigenvalue weighted by Crippen LogP contribution is 2.22. The highest BCUT2D eigenvalue weighted by atomic mass is 16.2. The van der Waals surface area contributed by atoms with Crippen LogP contribution in [0.3, 0.4) is 0 Å². The van der Waals surface area contributed by atoms with Gasteiger partial charge in [-0.25, -0.2) is 9.67 Å². The summed E-state index contributed by atoms with van der Waals surface area (Å²) in [7, 11) is 0. The lowest BCUT2D eigenvalue weighted by Crippen LogP contribution is -2.36. The molecule has 0 spiro atoms. The van der Waals surface area contributed by atoms with Gasteiger partial charge in [0.05, 0.1) is 12.2 Å². The largest absolute Gasteiger partial charge is 0.330 e. The molecule has 1 aromatic carbocycles. The first-order valence-corrected chi connectivity index (χ1v) is 9.60. The molecular formula is C22H27N5O. The second kappa shape index (κ2) is 8.33. The number of pyridine rings is 1. The fraction of sp³-hybridized carbons (Fsp3) is 0.364. The number of aromatic nitrogens is 4. The van der Waals surface area contributed by atoms with E-state index in [4.69, 9.17) is 0 Å². The van der Waals surface area contributed by atoms with Crippen molar-refractivity contribution in [3.8, 4) is 11.4 Å². The molecule has 1 amide bonds.